The van der Waals surface area contributed by atoms with E-state index in [2.05, 4.69) is 16.6 Å². The summed E-state index contributed by atoms with van der Waals surface area (Å²) in [6, 6.07) is 3.85. The molecule has 0 radical (unpaired) electrons. The molecule has 2 aromatic heterocycles. The molecule has 114 valence electrons. The highest BCUT2D eigenvalue weighted by Gasteiger charge is 2.24. The molecule has 0 spiro atoms. The van der Waals surface area contributed by atoms with E-state index in [-0.39, 0.29) is 6.10 Å². The van der Waals surface area contributed by atoms with Gasteiger partial charge in [0.2, 0.25) is 0 Å². The molecule has 0 fully saturated rings. The first-order valence-electron chi connectivity index (χ1n) is 7.26. The van der Waals surface area contributed by atoms with Gasteiger partial charge in [0.1, 0.15) is 11.9 Å². The lowest BCUT2D eigenvalue weighted by atomic mass is 10.1. The first kappa shape index (κ1) is 14.3. The fraction of sp³-hybridized carbons (Fsp3) is 0.533. The van der Waals surface area contributed by atoms with Crippen LogP contribution in [0.4, 0.5) is 0 Å². The molecule has 0 unspecified atom stereocenters. The van der Waals surface area contributed by atoms with E-state index in [1.165, 1.54) is 5.56 Å². The zero-order valence-corrected chi connectivity index (χ0v) is 12.2. The number of hydrogen-bond donors (Lipinski definition) is 1. The van der Waals surface area contributed by atoms with E-state index in [1.54, 1.807) is 13.4 Å². The topological polar surface area (TPSA) is 61.5 Å². The molecule has 0 bridgehead atoms. The fourth-order valence-corrected chi connectivity index (χ4v) is 2.53. The molecule has 1 atom stereocenters. The number of methoxy groups -OCH3 is 1. The zero-order valence-electron chi connectivity index (χ0n) is 12.2. The van der Waals surface area contributed by atoms with Gasteiger partial charge < -0.3 is 19.2 Å². The predicted molar refractivity (Wildman–Crippen MR) is 76.9 cm³/mol. The standard InChI is InChI=1S/C15H21N3O3/c1-19-8-5-18-11-12-4-7-21-14(15(12)17-18)10-16-9-13-3-2-6-20-13/h2-3,6,11,14,16H,4-5,7-10H2,1H3/t14-/m0/s1. The maximum Gasteiger partial charge on any atom is 0.117 e. The van der Waals surface area contributed by atoms with Crippen LogP contribution in [0.3, 0.4) is 0 Å². The Bertz CT molecular complexity index is 551. The molecule has 2 aromatic rings. The summed E-state index contributed by atoms with van der Waals surface area (Å²) < 4.78 is 18.2. The molecule has 3 rings (SSSR count). The highest BCUT2D eigenvalue weighted by Crippen LogP contribution is 2.25. The summed E-state index contributed by atoms with van der Waals surface area (Å²) in [6.07, 6.45) is 4.73. The summed E-state index contributed by atoms with van der Waals surface area (Å²) in [5.41, 5.74) is 2.33. The molecule has 6 heteroatoms. The van der Waals surface area contributed by atoms with E-state index in [0.717, 1.165) is 37.6 Å². The third-order valence-corrected chi connectivity index (χ3v) is 3.60. The fourth-order valence-electron chi connectivity index (χ4n) is 2.53. The summed E-state index contributed by atoms with van der Waals surface area (Å²) in [5, 5.41) is 7.99. The van der Waals surface area contributed by atoms with Gasteiger partial charge in [-0.1, -0.05) is 0 Å². The van der Waals surface area contributed by atoms with Crippen molar-refractivity contribution in [2.75, 3.05) is 26.9 Å². The van der Waals surface area contributed by atoms with Crippen LogP contribution < -0.4 is 5.32 Å². The number of hydrogen-bond acceptors (Lipinski definition) is 5. The molecule has 1 aliphatic heterocycles. The number of nitrogens with zero attached hydrogens (tertiary/aromatic N) is 2. The summed E-state index contributed by atoms with van der Waals surface area (Å²) in [5.74, 6) is 0.927. The third-order valence-electron chi connectivity index (χ3n) is 3.60. The van der Waals surface area contributed by atoms with Crippen LogP contribution in [0, 0.1) is 0 Å². The van der Waals surface area contributed by atoms with Gasteiger partial charge in [0.25, 0.3) is 0 Å². The third kappa shape index (κ3) is 3.53. The van der Waals surface area contributed by atoms with E-state index in [0.29, 0.717) is 13.2 Å². The van der Waals surface area contributed by atoms with Crippen LogP contribution in [0.5, 0.6) is 0 Å². The predicted octanol–water partition coefficient (Wildman–Crippen LogP) is 1.53. The lowest BCUT2D eigenvalue weighted by molar-refractivity contribution is 0.0389. The molecule has 0 saturated heterocycles. The lowest BCUT2D eigenvalue weighted by Gasteiger charge is -2.22. The van der Waals surface area contributed by atoms with Crippen LogP contribution in [0.1, 0.15) is 23.1 Å². The van der Waals surface area contributed by atoms with Gasteiger partial charge in [0, 0.05) is 19.9 Å². The second-order valence-electron chi connectivity index (χ2n) is 5.12. The Hall–Kier alpha value is -1.63. The van der Waals surface area contributed by atoms with Gasteiger partial charge in [-0.15, -0.1) is 0 Å². The SMILES string of the molecule is COCCn1cc2c(n1)[C@H](CNCc1ccco1)OCC2. The molecule has 6 nitrogen and oxygen atoms in total. The van der Waals surface area contributed by atoms with Gasteiger partial charge in [-0.05, 0) is 24.1 Å². The van der Waals surface area contributed by atoms with Crippen molar-refractivity contribution >= 4 is 0 Å². The van der Waals surface area contributed by atoms with Crippen molar-refractivity contribution in [3.8, 4) is 0 Å². The van der Waals surface area contributed by atoms with Crippen LogP contribution in [-0.2, 0) is 29.0 Å². The van der Waals surface area contributed by atoms with E-state index in [9.17, 15) is 0 Å². The Labute approximate surface area is 124 Å². The van der Waals surface area contributed by atoms with Crippen LogP contribution in [0.2, 0.25) is 0 Å². The largest absolute Gasteiger partial charge is 0.468 e. The Morgan fingerprint density at radius 2 is 2.48 bits per heavy atom. The van der Waals surface area contributed by atoms with Gasteiger partial charge >= 0.3 is 0 Å². The number of aromatic nitrogens is 2. The molecule has 1 aliphatic rings. The number of furan rings is 1. The van der Waals surface area contributed by atoms with Crippen molar-refractivity contribution in [2.45, 2.75) is 25.6 Å². The summed E-state index contributed by atoms with van der Waals surface area (Å²) >= 11 is 0. The van der Waals surface area contributed by atoms with Crippen LogP contribution in [-0.4, -0.2) is 36.6 Å². The number of rotatable bonds is 7. The maximum atomic E-state index is 5.84. The summed E-state index contributed by atoms with van der Waals surface area (Å²) in [6.45, 7) is 3.62. The van der Waals surface area contributed by atoms with Gasteiger partial charge in [-0.3, -0.25) is 4.68 Å². The smallest absolute Gasteiger partial charge is 0.117 e. The Morgan fingerprint density at radius 3 is 3.29 bits per heavy atom. The van der Waals surface area contributed by atoms with Crippen molar-refractivity contribution in [3.05, 3.63) is 41.6 Å². The minimum atomic E-state index is 0.00695. The summed E-state index contributed by atoms with van der Waals surface area (Å²) in [7, 11) is 1.70. The molecule has 0 amide bonds. The van der Waals surface area contributed by atoms with Gasteiger partial charge in [-0.2, -0.15) is 5.10 Å². The minimum Gasteiger partial charge on any atom is -0.468 e. The minimum absolute atomic E-state index is 0.00695. The summed E-state index contributed by atoms with van der Waals surface area (Å²) in [4.78, 5) is 0. The van der Waals surface area contributed by atoms with E-state index in [4.69, 9.17) is 13.9 Å². The first-order valence-corrected chi connectivity index (χ1v) is 7.26. The molecule has 0 aliphatic carbocycles. The molecule has 3 heterocycles. The highest BCUT2D eigenvalue weighted by atomic mass is 16.5. The lowest BCUT2D eigenvalue weighted by Crippen LogP contribution is -2.27. The van der Waals surface area contributed by atoms with Crippen LogP contribution in [0.15, 0.2) is 29.0 Å². The Morgan fingerprint density at radius 1 is 1.52 bits per heavy atom. The normalized spacial score (nSPS) is 17.9. The second kappa shape index (κ2) is 6.89. The van der Waals surface area contributed by atoms with E-state index >= 15 is 0 Å². The number of nitrogens with one attached hydrogen (secondary N) is 1. The molecular formula is C15H21N3O3. The van der Waals surface area contributed by atoms with Crippen LogP contribution >= 0.6 is 0 Å². The van der Waals surface area contributed by atoms with Gasteiger partial charge in [-0.25, -0.2) is 0 Å². The number of fused-ring (bicyclic) bond motifs is 1. The molecule has 0 aromatic carbocycles. The van der Waals surface area contributed by atoms with Crippen molar-refractivity contribution in [1.29, 1.82) is 0 Å². The van der Waals surface area contributed by atoms with Crippen molar-refractivity contribution < 1.29 is 13.9 Å². The van der Waals surface area contributed by atoms with Crippen molar-refractivity contribution in [3.63, 3.8) is 0 Å². The van der Waals surface area contributed by atoms with Crippen molar-refractivity contribution in [1.82, 2.24) is 15.1 Å². The number of ether oxygens (including phenoxy) is 2. The molecule has 1 N–H and O–H groups in total. The molecular weight excluding hydrogens is 270 g/mol. The quantitative estimate of drug-likeness (QED) is 0.838. The van der Waals surface area contributed by atoms with E-state index < -0.39 is 0 Å². The van der Waals surface area contributed by atoms with Gasteiger partial charge in [0.05, 0.1) is 38.3 Å². The van der Waals surface area contributed by atoms with E-state index in [1.807, 2.05) is 16.8 Å². The molecule has 0 saturated carbocycles. The average Bonchev–Trinajstić information content (AvgIpc) is 3.14. The average molecular weight is 291 g/mol. The van der Waals surface area contributed by atoms with Crippen molar-refractivity contribution in [2.24, 2.45) is 0 Å². The maximum absolute atomic E-state index is 5.84. The highest BCUT2D eigenvalue weighted by molar-refractivity contribution is 5.22. The Kier molecular flexibility index (Phi) is 4.69. The monoisotopic (exact) mass is 291 g/mol. The zero-order chi connectivity index (χ0) is 14.5. The molecule has 21 heavy (non-hydrogen) atoms. The Balaban J connectivity index is 1.58. The van der Waals surface area contributed by atoms with Crippen LogP contribution in [0.25, 0.3) is 0 Å². The first-order chi connectivity index (χ1) is 10.4. The van der Waals surface area contributed by atoms with Gasteiger partial charge in [0.15, 0.2) is 0 Å². The second-order valence-corrected chi connectivity index (χ2v) is 5.12.